The topological polar surface area (TPSA) is 21.8 Å². The average Bonchev–Trinajstić information content (AvgIpc) is 3.49. The molecule has 0 aromatic heterocycles. The van der Waals surface area contributed by atoms with E-state index in [-0.39, 0.29) is 0 Å². The normalized spacial score (nSPS) is 16.3. The van der Waals surface area contributed by atoms with Crippen LogP contribution in [0.2, 0.25) is 0 Å². The van der Waals surface area contributed by atoms with Crippen LogP contribution in [0.3, 0.4) is 0 Å². The fourth-order valence-electron chi connectivity index (χ4n) is 3.20. The van der Waals surface area contributed by atoms with E-state index in [0.29, 0.717) is 12.7 Å². The molecular formula is C24H38O2. The van der Waals surface area contributed by atoms with E-state index in [1.807, 2.05) is 6.07 Å². The van der Waals surface area contributed by atoms with Crippen LogP contribution < -0.4 is 4.74 Å². The molecular weight excluding hydrogens is 320 g/mol. The van der Waals surface area contributed by atoms with Crippen molar-refractivity contribution in [2.45, 2.75) is 90.1 Å². The molecule has 1 atom stereocenters. The van der Waals surface area contributed by atoms with Crippen molar-refractivity contribution in [2.24, 2.45) is 0 Å². The molecule has 146 valence electrons. The first-order chi connectivity index (χ1) is 12.9. The first-order valence-corrected chi connectivity index (χ1v) is 10.9. The van der Waals surface area contributed by atoms with Gasteiger partial charge in [-0.2, -0.15) is 0 Å². The molecule has 1 fully saturated rings. The number of hydrogen-bond acceptors (Lipinski definition) is 2. The van der Waals surface area contributed by atoms with Gasteiger partial charge < -0.3 is 9.47 Å². The molecule has 0 N–H and O–H groups in total. The second-order valence-electron chi connectivity index (χ2n) is 7.54. The Kier molecular flexibility index (Phi) is 11.2. The zero-order valence-electron chi connectivity index (χ0n) is 16.8. The lowest BCUT2D eigenvalue weighted by atomic mass is 10.1. The first-order valence-electron chi connectivity index (χ1n) is 10.9. The molecule has 1 aromatic carbocycles. The molecule has 1 aliphatic rings. The van der Waals surface area contributed by atoms with Gasteiger partial charge in [-0.15, -0.1) is 0 Å². The Morgan fingerprint density at radius 3 is 2.38 bits per heavy atom. The summed E-state index contributed by atoms with van der Waals surface area (Å²) >= 11 is 0. The minimum Gasteiger partial charge on any atom is -0.491 e. The smallest absolute Gasteiger partial charge is 0.119 e. The fraction of sp³-hybridized carbons (Fsp3) is 0.667. The Morgan fingerprint density at radius 1 is 0.962 bits per heavy atom. The van der Waals surface area contributed by atoms with Gasteiger partial charge in [0.1, 0.15) is 18.5 Å². The van der Waals surface area contributed by atoms with Gasteiger partial charge in [0.2, 0.25) is 0 Å². The number of benzene rings is 1. The predicted octanol–water partition coefficient (Wildman–Crippen LogP) is 6.87. The largest absolute Gasteiger partial charge is 0.491 e. The predicted molar refractivity (Wildman–Crippen MR) is 111 cm³/mol. The lowest BCUT2D eigenvalue weighted by Gasteiger charge is -2.06. The minimum atomic E-state index is 0.324. The molecule has 1 heterocycles. The second kappa shape index (κ2) is 13.9. The number of epoxide rings is 1. The molecule has 0 spiro atoms. The first kappa shape index (κ1) is 21.0. The second-order valence-corrected chi connectivity index (χ2v) is 7.54. The maximum Gasteiger partial charge on any atom is 0.119 e. The van der Waals surface area contributed by atoms with Crippen molar-refractivity contribution in [1.29, 1.82) is 0 Å². The van der Waals surface area contributed by atoms with Gasteiger partial charge in [-0.25, -0.2) is 0 Å². The molecule has 0 aliphatic carbocycles. The summed E-state index contributed by atoms with van der Waals surface area (Å²) in [6, 6.07) is 8.50. The number of allylic oxidation sites excluding steroid dienone is 2. The van der Waals surface area contributed by atoms with E-state index in [2.05, 4.69) is 37.3 Å². The molecule has 1 aromatic rings. The lowest BCUT2D eigenvalue weighted by molar-refractivity contribution is 0.263. The van der Waals surface area contributed by atoms with E-state index >= 15 is 0 Å². The highest BCUT2D eigenvalue weighted by atomic mass is 16.6. The molecule has 0 amide bonds. The third-order valence-electron chi connectivity index (χ3n) is 4.96. The van der Waals surface area contributed by atoms with Crippen LogP contribution >= 0.6 is 0 Å². The summed E-state index contributed by atoms with van der Waals surface area (Å²) in [6.45, 7) is 3.82. The Labute approximate surface area is 161 Å². The van der Waals surface area contributed by atoms with Gasteiger partial charge >= 0.3 is 0 Å². The van der Waals surface area contributed by atoms with Crippen LogP contribution in [0, 0.1) is 0 Å². The Bertz CT molecular complexity index is 491. The maximum absolute atomic E-state index is 5.75. The van der Waals surface area contributed by atoms with Gasteiger partial charge in [0, 0.05) is 0 Å². The highest BCUT2D eigenvalue weighted by Gasteiger charge is 2.22. The molecule has 26 heavy (non-hydrogen) atoms. The minimum absolute atomic E-state index is 0.324. The molecule has 2 nitrogen and oxygen atoms in total. The molecule has 0 radical (unpaired) electrons. The highest BCUT2D eigenvalue weighted by molar-refractivity contribution is 5.28. The standard InChI is InChI=1S/C24H38O2/c1-2-3-4-5-6-7-8-9-10-11-12-13-14-16-22-17-15-18-23(19-22)25-20-24-21-26-24/h11-12,15,17-19,24H,2-10,13-14,16,20-21H2,1H3/b12-11+. The highest BCUT2D eigenvalue weighted by Crippen LogP contribution is 2.18. The van der Waals surface area contributed by atoms with Crippen molar-refractivity contribution in [3.8, 4) is 5.75 Å². The fourth-order valence-corrected chi connectivity index (χ4v) is 3.20. The molecule has 2 heteroatoms. The molecule has 1 aliphatic heterocycles. The Balaban J connectivity index is 1.43. The van der Waals surface area contributed by atoms with Gasteiger partial charge in [0.15, 0.2) is 0 Å². The summed E-state index contributed by atoms with van der Waals surface area (Å²) in [4.78, 5) is 0. The molecule has 0 saturated carbocycles. The van der Waals surface area contributed by atoms with Gasteiger partial charge in [-0.3, -0.25) is 0 Å². The van der Waals surface area contributed by atoms with Crippen molar-refractivity contribution in [1.82, 2.24) is 0 Å². The molecule has 2 rings (SSSR count). The number of unbranched alkanes of at least 4 members (excludes halogenated alkanes) is 9. The van der Waals surface area contributed by atoms with Crippen LogP contribution in [0.4, 0.5) is 0 Å². The lowest BCUT2D eigenvalue weighted by Crippen LogP contribution is -2.04. The van der Waals surface area contributed by atoms with Crippen LogP contribution in [0.1, 0.15) is 83.1 Å². The SMILES string of the molecule is CCCCCCCCCC/C=C/CCCc1cccc(OCC2CO2)c1. The van der Waals surface area contributed by atoms with E-state index in [9.17, 15) is 0 Å². The van der Waals surface area contributed by atoms with E-state index in [1.165, 1.54) is 76.2 Å². The summed E-state index contributed by atoms with van der Waals surface area (Å²) in [5, 5.41) is 0. The third kappa shape index (κ3) is 10.7. The van der Waals surface area contributed by atoms with Gasteiger partial charge in [0.25, 0.3) is 0 Å². The van der Waals surface area contributed by atoms with Gasteiger partial charge in [-0.05, 0) is 49.8 Å². The zero-order valence-corrected chi connectivity index (χ0v) is 16.8. The van der Waals surface area contributed by atoms with Crippen molar-refractivity contribution in [3.05, 3.63) is 42.0 Å². The van der Waals surface area contributed by atoms with Crippen molar-refractivity contribution < 1.29 is 9.47 Å². The number of aryl methyl sites for hydroxylation is 1. The number of rotatable bonds is 16. The van der Waals surface area contributed by atoms with Crippen molar-refractivity contribution in [3.63, 3.8) is 0 Å². The number of hydrogen-bond donors (Lipinski definition) is 0. The van der Waals surface area contributed by atoms with E-state index in [1.54, 1.807) is 0 Å². The Morgan fingerprint density at radius 2 is 1.65 bits per heavy atom. The molecule has 0 bridgehead atoms. The molecule has 1 saturated heterocycles. The van der Waals surface area contributed by atoms with Gasteiger partial charge in [-0.1, -0.05) is 76.2 Å². The molecule has 1 unspecified atom stereocenters. The monoisotopic (exact) mass is 358 g/mol. The van der Waals surface area contributed by atoms with E-state index in [4.69, 9.17) is 9.47 Å². The maximum atomic E-state index is 5.75. The summed E-state index contributed by atoms with van der Waals surface area (Å²) in [5.41, 5.74) is 1.37. The van der Waals surface area contributed by atoms with Crippen LogP contribution in [0.5, 0.6) is 5.75 Å². The summed E-state index contributed by atoms with van der Waals surface area (Å²) < 4.78 is 10.9. The van der Waals surface area contributed by atoms with E-state index < -0.39 is 0 Å². The van der Waals surface area contributed by atoms with Crippen LogP contribution in [-0.4, -0.2) is 19.3 Å². The average molecular weight is 359 g/mol. The van der Waals surface area contributed by atoms with Crippen LogP contribution in [0.15, 0.2) is 36.4 Å². The Hall–Kier alpha value is -1.28. The van der Waals surface area contributed by atoms with E-state index in [0.717, 1.165) is 18.8 Å². The number of ether oxygens (including phenoxy) is 2. The summed E-state index contributed by atoms with van der Waals surface area (Å²) in [7, 11) is 0. The zero-order chi connectivity index (χ0) is 18.3. The van der Waals surface area contributed by atoms with Crippen LogP contribution in [0.25, 0.3) is 0 Å². The van der Waals surface area contributed by atoms with Crippen LogP contribution in [-0.2, 0) is 11.2 Å². The van der Waals surface area contributed by atoms with Crippen molar-refractivity contribution >= 4 is 0 Å². The van der Waals surface area contributed by atoms with Gasteiger partial charge in [0.05, 0.1) is 6.61 Å². The van der Waals surface area contributed by atoms with Crippen molar-refractivity contribution in [2.75, 3.05) is 13.2 Å². The summed E-state index contributed by atoms with van der Waals surface area (Å²) in [6.07, 6.45) is 21.1. The summed E-state index contributed by atoms with van der Waals surface area (Å²) in [5.74, 6) is 0.975. The quantitative estimate of drug-likeness (QED) is 0.183. The third-order valence-corrected chi connectivity index (χ3v) is 4.96.